The Kier molecular flexibility index (Phi) is 7.18. The van der Waals surface area contributed by atoms with Gasteiger partial charge in [0.25, 0.3) is 5.91 Å². The van der Waals surface area contributed by atoms with Crippen LogP contribution in [0.2, 0.25) is 0 Å². The molecule has 0 fully saturated rings. The van der Waals surface area contributed by atoms with E-state index >= 15 is 0 Å². The van der Waals surface area contributed by atoms with Gasteiger partial charge in [-0.25, -0.2) is 0 Å². The van der Waals surface area contributed by atoms with Crippen molar-refractivity contribution >= 4 is 29.0 Å². The molecule has 1 amide bonds. The Morgan fingerprint density at radius 2 is 2.00 bits per heavy atom. The predicted octanol–water partition coefficient (Wildman–Crippen LogP) is 2.70. The third-order valence-corrected chi connectivity index (χ3v) is 3.62. The van der Waals surface area contributed by atoms with E-state index in [-0.39, 0.29) is 0 Å². The highest BCUT2D eigenvalue weighted by molar-refractivity contribution is 7.98. The van der Waals surface area contributed by atoms with Crippen molar-refractivity contribution in [1.29, 1.82) is 0 Å². The maximum Gasteiger partial charge on any atom is 0.250 e. The summed E-state index contributed by atoms with van der Waals surface area (Å²) >= 11 is 1.90. The van der Waals surface area contributed by atoms with Crippen LogP contribution in [0.4, 0.5) is 11.4 Å². The second kappa shape index (κ2) is 8.69. The lowest BCUT2D eigenvalue weighted by molar-refractivity contribution is 0.100. The summed E-state index contributed by atoms with van der Waals surface area (Å²) < 4.78 is 0. The minimum atomic E-state index is -0.488. The Labute approximate surface area is 119 Å². The first-order valence-electron chi connectivity index (χ1n) is 6.57. The minimum absolute atomic E-state index is 0.380. The molecular formula is C14H23N3OS. The highest BCUT2D eigenvalue weighted by Gasteiger charge is 2.06. The molecule has 0 saturated heterocycles. The Bertz CT molecular complexity index is 410. The molecule has 19 heavy (non-hydrogen) atoms. The first kappa shape index (κ1) is 15.7. The molecule has 0 atom stereocenters. The second-order valence-corrected chi connectivity index (χ2v) is 5.49. The quantitative estimate of drug-likeness (QED) is 0.480. The van der Waals surface area contributed by atoms with Crippen LogP contribution in [-0.2, 0) is 0 Å². The van der Waals surface area contributed by atoms with E-state index in [2.05, 4.69) is 11.6 Å². The maximum absolute atomic E-state index is 11.2. The largest absolute Gasteiger partial charge is 0.398 e. The molecule has 0 spiro atoms. The zero-order valence-corrected chi connectivity index (χ0v) is 12.3. The van der Waals surface area contributed by atoms with Crippen molar-refractivity contribution in [2.45, 2.75) is 25.7 Å². The fraction of sp³-hybridized carbons (Fsp3) is 0.500. The third kappa shape index (κ3) is 5.87. The number of amides is 1. The number of unbranched alkanes of at least 4 members (excludes halogenated alkanes) is 3. The number of nitrogens with two attached hydrogens (primary N) is 2. The molecule has 0 aliphatic heterocycles. The third-order valence-electron chi connectivity index (χ3n) is 2.92. The molecule has 0 aliphatic rings. The molecule has 0 heterocycles. The van der Waals surface area contributed by atoms with E-state index in [1.807, 2.05) is 17.8 Å². The molecule has 0 unspecified atom stereocenters. The molecule has 1 aromatic rings. The van der Waals surface area contributed by atoms with Crippen LogP contribution in [0.1, 0.15) is 36.0 Å². The van der Waals surface area contributed by atoms with Gasteiger partial charge in [0.2, 0.25) is 0 Å². The van der Waals surface area contributed by atoms with E-state index in [1.54, 1.807) is 12.1 Å². The van der Waals surface area contributed by atoms with Gasteiger partial charge in [-0.3, -0.25) is 4.79 Å². The fourth-order valence-electron chi connectivity index (χ4n) is 1.84. The number of hydrogen-bond acceptors (Lipinski definition) is 4. The van der Waals surface area contributed by atoms with Gasteiger partial charge in [-0.15, -0.1) is 0 Å². The molecule has 5 heteroatoms. The molecule has 0 saturated carbocycles. The van der Waals surface area contributed by atoms with Gasteiger partial charge in [0.1, 0.15) is 0 Å². The van der Waals surface area contributed by atoms with E-state index < -0.39 is 5.91 Å². The molecular weight excluding hydrogens is 258 g/mol. The molecule has 0 radical (unpaired) electrons. The second-order valence-electron chi connectivity index (χ2n) is 4.50. The van der Waals surface area contributed by atoms with Crippen LogP contribution >= 0.6 is 11.8 Å². The van der Waals surface area contributed by atoms with E-state index in [4.69, 9.17) is 11.5 Å². The zero-order valence-electron chi connectivity index (χ0n) is 11.4. The van der Waals surface area contributed by atoms with Gasteiger partial charge in [-0.2, -0.15) is 11.8 Å². The summed E-state index contributed by atoms with van der Waals surface area (Å²) in [6.07, 6.45) is 7.06. The highest BCUT2D eigenvalue weighted by atomic mass is 32.2. The number of rotatable bonds is 9. The highest BCUT2D eigenvalue weighted by Crippen LogP contribution is 2.17. The maximum atomic E-state index is 11.2. The molecule has 1 aromatic carbocycles. The van der Waals surface area contributed by atoms with Gasteiger partial charge in [0.05, 0.1) is 5.56 Å². The summed E-state index contributed by atoms with van der Waals surface area (Å²) in [5, 5.41) is 3.29. The number of primary amides is 1. The smallest absolute Gasteiger partial charge is 0.250 e. The van der Waals surface area contributed by atoms with E-state index in [9.17, 15) is 4.79 Å². The first-order chi connectivity index (χ1) is 9.15. The predicted molar refractivity (Wildman–Crippen MR) is 84.7 cm³/mol. The van der Waals surface area contributed by atoms with Crippen molar-refractivity contribution in [3.63, 3.8) is 0 Å². The van der Waals surface area contributed by atoms with Gasteiger partial charge in [-0.05, 0) is 43.0 Å². The van der Waals surface area contributed by atoms with Crippen LogP contribution < -0.4 is 16.8 Å². The number of hydrogen-bond donors (Lipinski definition) is 3. The number of carbonyl (C=O) groups is 1. The zero-order chi connectivity index (χ0) is 14.1. The average molecular weight is 281 g/mol. The molecule has 0 bridgehead atoms. The number of benzene rings is 1. The van der Waals surface area contributed by atoms with Crippen molar-refractivity contribution < 1.29 is 4.79 Å². The van der Waals surface area contributed by atoms with Gasteiger partial charge in [-0.1, -0.05) is 12.8 Å². The summed E-state index contributed by atoms with van der Waals surface area (Å²) in [7, 11) is 0. The van der Waals surface area contributed by atoms with Crippen molar-refractivity contribution in [3.8, 4) is 0 Å². The summed E-state index contributed by atoms with van der Waals surface area (Å²) in [4.78, 5) is 11.2. The van der Waals surface area contributed by atoms with Gasteiger partial charge in [0.15, 0.2) is 0 Å². The summed E-state index contributed by atoms with van der Waals surface area (Å²) in [6.45, 7) is 0.904. The molecule has 1 rings (SSSR count). The minimum Gasteiger partial charge on any atom is -0.398 e. The Balaban J connectivity index is 2.30. The van der Waals surface area contributed by atoms with Crippen LogP contribution in [0, 0.1) is 0 Å². The average Bonchev–Trinajstić information content (AvgIpc) is 2.39. The van der Waals surface area contributed by atoms with Crippen LogP contribution in [0.3, 0.4) is 0 Å². The number of carbonyl (C=O) groups excluding carboxylic acids is 1. The van der Waals surface area contributed by atoms with Crippen molar-refractivity contribution in [1.82, 2.24) is 0 Å². The van der Waals surface area contributed by atoms with Gasteiger partial charge < -0.3 is 16.8 Å². The summed E-state index contributed by atoms with van der Waals surface area (Å²) in [5.74, 6) is 0.756. The van der Waals surface area contributed by atoms with E-state index in [1.165, 1.54) is 25.0 Å². The lowest BCUT2D eigenvalue weighted by Gasteiger charge is -2.09. The molecule has 106 valence electrons. The normalized spacial score (nSPS) is 10.4. The van der Waals surface area contributed by atoms with Crippen molar-refractivity contribution in [2.24, 2.45) is 5.73 Å². The SMILES string of the molecule is CSCCCCCCNc1ccc(N)c(C(N)=O)c1. The monoisotopic (exact) mass is 281 g/mol. The van der Waals surface area contributed by atoms with Crippen LogP contribution in [0.5, 0.6) is 0 Å². The standard InChI is InChI=1S/C14H23N3OS/c1-19-9-5-3-2-4-8-17-11-6-7-13(15)12(10-11)14(16)18/h6-7,10,17H,2-5,8-9,15H2,1H3,(H2,16,18). The molecule has 4 nitrogen and oxygen atoms in total. The van der Waals surface area contributed by atoms with Crippen LogP contribution in [0.25, 0.3) is 0 Å². The Morgan fingerprint density at radius 3 is 2.68 bits per heavy atom. The summed E-state index contributed by atoms with van der Waals surface area (Å²) in [5.41, 5.74) is 12.6. The topological polar surface area (TPSA) is 81.1 Å². The number of nitrogen functional groups attached to an aromatic ring is 1. The van der Waals surface area contributed by atoms with E-state index in [0.29, 0.717) is 11.3 Å². The first-order valence-corrected chi connectivity index (χ1v) is 7.96. The van der Waals surface area contributed by atoms with Gasteiger partial charge >= 0.3 is 0 Å². The lowest BCUT2D eigenvalue weighted by atomic mass is 10.1. The van der Waals surface area contributed by atoms with E-state index in [0.717, 1.165) is 18.7 Å². The van der Waals surface area contributed by atoms with Crippen LogP contribution in [-0.4, -0.2) is 24.5 Å². The number of thioether (sulfide) groups is 1. The molecule has 0 aliphatic carbocycles. The number of nitrogens with one attached hydrogen (secondary N) is 1. The van der Waals surface area contributed by atoms with Crippen LogP contribution in [0.15, 0.2) is 18.2 Å². The van der Waals surface area contributed by atoms with Gasteiger partial charge in [0, 0.05) is 17.9 Å². The summed E-state index contributed by atoms with van der Waals surface area (Å²) in [6, 6.07) is 5.29. The Hall–Kier alpha value is -1.36. The fourth-order valence-corrected chi connectivity index (χ4v) is 2.33. The molecule has 0 aromatic heterocycles. The number of anilines is 2. The van der Waals surface area contributed by atoms with Crippen molar-refractivity contribution in [3.05, 3.63) is 23.8 Å². The molecule has 5 N–H and O–H groups in total. The Morgan fingerprint density at radius 1 is 1.26 bits per heavy atom. The van der Waals surface area contributed by atoms with Crippen molar-refractivity contribution in [2.75, 3.05) is 29.6 Å². The lowest BCUT2D eigenvalue weighted by Crippen LogP contribution is -2.14.